The van der Waals surface area contributed by atoms with E-state index in [-0.39, 0.29) is 12.5 Å². The van der Waals surface area contributed by atoms with E-state index in [2.05, 4.69) is 10.6 Å². The monoisotopic (exact) mass is 344 g/mol. The van der Waals surface area contributed by atoms with Crippen molar-refractivity contribution >= 4 is 23.4 Å². The normalized spacial score (nSPS) is 9.88. The minimum absolute atomic E-state index is 0.269. The molecule has 0 heterocycles. The van der Waals surface area contributed by atoms with Crippen LogP contribution in [0.15, 0.2) is 42.5 Å². The van der Waals surface area contributed by atoms with E-state index < -0.39 is 6.09 Å². The molecule has 7 nitrogen and oxygen atoms in total. The van der Waals surface area contributed by atoms with Gasteiger partial charge in [-0.15, -0.1) is 0 Å². The largest absolute Gasteiger partial charge is 0.493 e. The first-order valence-electron chi connectivity index (χ1n) is 7.64. The molecule has 0 saturated carbocycles. The van der Waals surface area contributed by atoms with Gasteiger partial charge in [-0.1, -0.05) is 6.07 Å². The van der Waals surface area contributed by atoms with Crippen molar-refractivity contribution in [3.63, 3.8) is 0 Å². The number of anilines is 2. The van der Waals surface area contributed by atoms with Crippen LogP contribution in [0.4, 0.5) is 16.2 Å². The Labute approximate surface area is 145 Å². The van der Waals surface area contributed by atoms with Crippen LogP contribution in [0.1, 0.15) is 17.3 Å². The average Bonchev–Trinajstić information content (AvgIpc) is 2.62. The molecule has 132 valence electrons. The molecule has 25 heavy (non-hydrogen) atoms. The van der Waals surface area contributed by atoms with Crippen LogP contribution in [-0.4, -0.2) is 32.8 Å². The lowest BCUT2D eigenvalue weighted by molar-refractivity contribution is 0.102. The van der Waals surface area contributed by atoms with E-state index in [9.17, 15) is 9.59 Å². The van der Waals surface area contributed by atoms with Crippen LogP contribution in [0.3, 0.4) is 0 Å². The van der Waals surface area contributed by atoms with Crippen LogP contribution in [-0.2, 0) is 4.74 Å². The lowest BCUT2D eigenvalue weighted by Crippen LogP contribution is -2.15. The van der Waals surface area contributed by atoms with Crippen LogP contribution in [0, 0.1) is 0 Å². The molecular formula is C18H20N2O5. The van der Waals surface area contributed by atoms with Gasteiger partial charge in [0.2, 0.25) is 0 Å². The van der Waals surface area contributed by atoms with Crippen LogP contribution in [0.2, 0.25) is 0 Å². The number of benzene rings is 2. The van der Waals surface area contributed by atoms with E-state index in [1.54, 1.807) is 49.4 Å². The van der Waals surface area contributed by atoms with Crippen LogP contribution in [0.5, 0.6) is 11.5 Å². The topological polar surface area (TPSA) is 85.9 Å². The van der Waals surface area contributed by atoms with Gasteiger partial charge in [0.1, 0.15) is 0 Å². The van der Waals surface area contributed by atoms with Gasteiger partial charge in [0.15, 0.2) is 11.5 Å². The van der Waals surface area contributed by atoms with Gasteiger partial charge in [-0.05, 0) is 37.3 Å². The Bertz CT molecular complexity index is 761. The van der Waals surface area contributed by atoms with Gasteiger partial charge in [0, 0.05) is 23.0 Å². The smallest absolute Gasteiger partial charge is 0.411 e. The Morgan fingerprint density at radius 3 is 2.32 bits per heavy atom. The second kappa shape index (κ2) is 8.58. The molecule has 2 aromatic carbocycles. The van der Waals surface area contributed by atoms with Crippen molar-refractivity contribution in [1.29, 1.82) is 0 Å². The summed E-state index contributed by atoms with van der Waals surface area (Å²) in [6.07, 6.45) is -0.569. The van der Waals surface area contributed by atoms with Gasteiger partial charge in [-0.3, -0.25) is 10.1 Å². The molecule has 2 rings (SSSR count). The predicted octanol–water partition coefficient (Wildman–Crippen LogP) is 3.52. The molecule has 2 N–H and O–H groups in total. The van der Waals surface area contributed by atoms with E-state index >= 15 is 0 Å². The highest BCUT2D eigenvalue weighted by Gasteiger charge is 2.11. The number of ether oxygens (including phenoxy) is 3. The van der Waals surface area contributed by atoms with Gasteiger partial charge >= 0.3 is 6.09 Å². The Morgan fingerprint density at radius 1 is 0.920 bits per heavy atom. The zero-order valence-electron chi connectivity index (χ0n) is 14.3. The summed E-state index contributed by atoms with van der Waals surface area (Å²) in [7, 11) is 3.06. The van der Waals surface area contributed by atoms with Gasteiger partial charge in [0.05, 0.1) is 20.8 Å². The van der Waals surface area contributed by atoms with Crippen molar-refractivity contribution in [3.05, 3.63) is 48.0 Å². The molecule has 0 aliphatic carbocycles. The van der Waals surface area contributed by atoms with Crippen molar-refractivity contribution in [3.8, 4) is 11.5 Å². The first kappa shape index (κ1) is 18.1. The van der Waals surface area contributed by atoms with Crippen LogP contribution < -0.4 is 20.1 Å². The number of nitrogens with one attached hydrogen (secondary N) is 2. The molecule has 0 aromatic heterocycles. The van der Waals surface area contributed by atoms with E-state index in [0.29, 0.717) is 28.4 Å². The van der Waals surface area contributed by atoms with E-state index in [4.69, 9.17) is 14.2 Å². The summed E-state index contributed by atoms with van der Waals surface area (Å²) in [4.78, 5) is 23.9. The summed E-state index contributed by atoms with van der Waals surface area (Å²) in [5.74, 6) is 0.763. The van der Waals surface area contributed by atoms with Gasteiger partial charge in [-0.25, -0.2) is 4.79 Å². The minimum atomic E-state index is -0.569. The highest BCUT2D eigenvalue weighted by atomic mass is 16.5. The summed E-state index contributed by atoms with van der Waals surface area (Å²) < 4.78 is 15.2. The Hall–Kier alpha value is -3.22. The molecule has 2 amide bonds. The fraction of sp³-hybridized carbons (Fsp3) is 0.222. The van der Waals surface area contributed by atoms with Crippen molar-refractivity contribution in [2.24, 2.45) is 0 Å². The number of rotatable bonds is 6. The van der Waals surface area contributed by atoms with Crippen LogP contribution in [0.25, 0.3) is 0 Å². The summed E-state index contributed by atoms with van der Waals surface area (Å²) in [5.41, 5.74) is 1.42. The molecule has 0 atom stereocenters. The molecular weight excluding hydrogens is 324 g/mol. The van der Waals surface area contributed by atoms with Crippen molar-refractivity contribution < 1.29 is 23.8 Å². The minimum Gasteiger partial charge on any atom is -0.493 e. The number of methoxy groups -OCH3 is 2. The first-order valence-corrected chi connectivity index (χ1v) is 7.64. The fourth-order valence-electron chi connectivity index (χ4n) is 2.14. The molecule has 0 aliphatic heterocycles. The van der Waals surface area contributed by atoms with Crippen molar-refractivity contribution in [1.82, 2.24) is 0 Å². The van der Waals surface area contributed by atoms with Crippen LogP contribution >= 0.6 is 0 Å². The average molecular weight is 344 g/mol. The molecule has 0 saturated heterocycles. The molecule has 2 aromatic rings. The number of carbonyl (C=O) groups is 2. The molecule has 0 radical (unpaired) electrons. The summed E-state index contributed by atoms with van der Waals surface area (Å²) in [6.45, 7) is 1.98. The van der Waals surface area contributed by atoms with Gasteiger partial charge in [-0.2, -0.15) is 0 Å². The highest BCUT2D eigenvalue weighted by molar-refractivity contribution is 6.05. The lowest BCUT2D eigenvalue weighted by Gasteiger charge is -2.11. The number of amides is 2. The second-order valence-electron chi connectivity index (χ2n) is 4.95. The summed E-state index contributed by atoms with van der Waals surface area (Å²) in [6, 6.07) is 11.6. The number of carbonyl (C=O) groups excluding carboxylic acids is 2. The maximum atomic E-state index is 12.4. The Balaban J connectivity index is 2.12. The fourth-order valence-corrected chi connectivity index (χ4v) is 2.14. The zero-order valence-corrected chi connectivity index (χ0v) is 14.3. The van der Waals surface area contributed by atoms with E-state index in [1.807, 2.05) is 0 Å². The van der Waals surface area contributed by atoms with Crippen molar-refractivity contribution in [2.75, 3.05) is 31.5 Å². The standard InChI is InChI=1S/C18H20N2O5/c1-4-25-18(22)20-13-7-5-6-12(10-13)17(21)19-14-8-9-15(23-2)16(11-14)24-3/h5-11H,4H2,1-3H3,(H,19,21)(H,20,22). The predicted molar refractivity (Wildman–Crippen MR) is 94.6 cm³/mol. The molecule has 7 heteroatoms. The third-order valence-electron chi connectivity index (χ3n) is 3.29. The Kier molecular flexibility index (Phi) is 6.22. The van der Waals surface area contributed by atoms with Gasteiger partial charge in [0.25, 0.3) is 5.91 Å². The molecule has 0 aliphatic rings. The summed E-state index contributed by atoms with van der Waals surface area (Å²) >= 11 is 0. The van der Waals surface area contributed by atoms with E-state index in [0.717, 1.165) is 0 Å². The third-order valence-corrected chi connectivity index (χ3v) is 3.29. The van der Waals surface area contributed by atoms with Gasteiger partial charge < -0.3 is 19.5 Å². The second-order valence-corrected chi connectivity index (χ2v) is 4.95. The molecule has 0 spiro atoms. The first-order chi connectivity index (χ1) is 12.1. The van der Waals surface area contributed by atoms with Crippen molar-refractivity contribution in [2.45, 2.75) is 6.92 Å². The molecule has 0 fully saturated rings. The number of hydrogen-bond acceptors (Lipinski definition) is 5. The Morgan fingerprint density at radius 2 is 1.64 bits per heavy atom. The zero-order chi connectivity index (χ0) is 18.2. The molecule has 0 bridgehead atoms. The SMILES string of the molecule is CCOC(=O)Nc1cccc(C(=O)Nc2ccc(OC)c(OC)c2)c1. The number of hydrogen-bond donors (Lipinski definition) is 2. The quantitative estimate of drug-likeness (QED) is 0.837. The third kappa shape index (κ3) is 4.87. The van der Waals surface area contributed by atoms with E-state index in [1.165, 1.54) is 14.2 Å². The summed E-state index contributed by atoms with van der Waals surface area (Å²) in [5, 5.41) is 5.33. The molecule has 0 unspecified atom stereocenters. The highest BCUT2D eigenvalue weighted by Crippen LogP contribution is 2.30. The maximum Gasteiger partial charge on any atom is 0.411 e. The lowest BCUT2D eigenvalue weighted by atomic mass is 10.2. The maximum absolute atomic E-state index is 12.4.